The third-order valence-electron chi connectivity index (χ3n) is 1.27. The summed E-state index contributed by atoms with van der Waals surface area (Å²) in [5.74, 6) is 0. The number of fused-ring (bicyclic) bond motifs is 1. The molecule has 1 aliphatic rings. The Morgan fingerprint density at radius 1 is 1.56 bits per heavy atom. The minimum absolute atomic E-state index is 1.24. The Bertz CT molecular complexity index is 220. The van der Waals surface area contributed by atoms with E-state index in [0.29, 0.717) is 0 Å². The average molecular weight is 158 g/mol. The van der Waals surface area contributed by atoms with Crippen LogP contribution in [0.25, 0.3) is 0 Å². The van der Waals surface area contributed by atoms with E-state index >= 15 is 0 Å². The van der Waals surface area contributed by atoms with Crippen LogP contribution in [0.4, 0.5) is 11.4 Å². The zero-order valence-corrected chi connectivity index (χ0v) is 6.55. The Morgan fingerprint density at radius 3 is 3.22 bits per heavy atom. The molecule has 0 aromatic carbocycles. The molecule has 1 aromatic heterocycles. The number of nitrogens with one attached hydrogen (secondary N) is 1. The maximum Gasteiger partial charge on any atom is 0.0830 e. The van der Waals surface area contributed by atoms with Gasteiger partial charge in [0.25, 0.3) is 0 Å². The maximum atomic E-state index is 3.18. The van der Waals surface area contributed by atoms with E-state index in [0.717, 1.165) is 0 Å². The molecule has 1 aliphatic heterocycles. The SMILES string of the molecule is CN1SNc2cscc21. The van der Waals surface area contributed by atoms with Gasteiger partial charge in [-0.05, 0) is 0 Å². The van der Waals surface area contributed by atoms with Gasteiger partial charge in [-0.15, -0.1) is 11.3 Å². The van der Waals surface area contributed by atoms with Crippen molar-refractivity contribution in [2.24, 2.45) is 0 Å². The van der Waals surface area contributed by atoms with Crippen molar-refractivity contribution in [3.05, 3.63) is 10.8 Å². The van der Waals surface area contributed by atoms with Gasteiger partial charge in [0, 0.05) is 17.8 Å². The largest absolute Gasteiger partial charge is 0.309 e. The van der Waals surface area contributed by atoms with E-state index in [9.17, 15) is 0 Å². The average Bonchev–Trinajstić information content (AvgIpc) is 2.35. The summed E-state index contributed by atoms with van der Waals surface area (Å²) in [4.78, 5) is 0. The maximum absolute atomic E-state index is 3.18. The van der Waals surface area contributed by atoms with Crippen molar-refractivity contribution in [3.8, 4) is 0 Å². The molecule has 0 saturated carbocycles. The lowest BCUT2D eigenvalue weighted by molar-refractivity contribution is 1.41. The van der Waals surface area contributed by atoms with Crippen LogP contribution in [0.3, 0.4) is 0 Å². The lowest BCUT2D eigenvalue weighted by Crippen LogP contribution is -1.99. The Kier molecular flexibility index (Phi) is 1.10. The second-order valence-corrected chi connectivity index (χ2v) is 3.54. The van der Waals surface area contributed by atoms with Crippen LogP contribution in [-0.4, -0.2) is 7.05 Å². The van der Waals surface area contributed by atoms with Gasteiger partial charge in [-0.2, -0.15) is 0 Å². The molecule has 4 heteroatoms. The first-order chi connectivity index (χ1) is 4.38. The van der Waals surface area contributed by atoms with Crippen molar-refractivity contribution in [2.45, 2.75) is 0 Å². The zero-order valence-electron chi connectivity index (χ0n) is 4.92. The predicted molar refractivity (Wildman–Crippen MR) is 43.9 cm³/mol. The van der Waals surface area contributed by atoms with Gasteiger partial charge in [-0.3, -0.25) is 4.31 Å². The van der Waals surface area contributed by atoms with Crippen LogP contribution in [0.1, 0.15) is 0 Å². The molecule has 0 atom stereocenters. The summed E-state index contributed by atoms with van der Waals surface area (Å²) in [5.41, 5.74) is 2.54. The molecular weight excluding hydrogens is 152 g/mol. The van der Waals surface area contributed by atoms with E-state index in [4.69, 9.17) is 0 Å². The summed E-state index contributed by atoms with van der Waals surface area (Å²) in [6, 6.07) is 0. The van der Waals surface area contributed by atoms with Crippen molar-refractivity contribution >= 4 is 34.8 Å². The molecule has 1 aromatic rings. The van der Waals surface area contributed by atoms with Crippen molar-refractivity contribution in [1.82, 2.24) is 0 Å². The summed E-state index contributed by atoms with van der Waals surface area (Å²) in [5, 5.41) is 4.26. The first-order valence-electron chi connectivity index (χ1n) is 2.61. The van der Waals surface area contributed by atoms with Gasteiger partial charge in [0.2, 0.25) is 0 Å². The highest BCUT2D eigenvalue weighted by atomic mass is 32.2. The molecular formula is C5H6N2S2. The van der Waals surface area contributed by atoms with Gasteiger partial charge in [0.1, 0.15) is 0 Å². The fraction of sp³-hybridized carbons (Fsp3) is 0.200. The first kappa shape index (κ1) is 5.44. The minimum atomic E-state index is 1.24. The Hall–Kier alpha value is -0.350. The highest BCUT2D eigenvalue weighted by Gasteiger charge is 2.15. The minimum Gasteiger partial charge on any atom is -0.309 e. The Morgan fingerprint density at radius 2 is 2.44 bits per heavy atom. The number of thiophene rings is 1. The molecule has 2 nitrogen and oxygen atoms in total. The first-order valence-corrected chi connectivity index (χ1v) is 4.32. The molecule has 0 bridgehead atoms. The predicted octanol–water partition coefficient (Wildman–Crippen LogP) is 2.17. The zero-order chi connectivity index (χ0) is 6.27. The van der Waals surface area contributed by atoms with Crippen LogP contribution in [0.2, 0.25) is 0 Å². The fourth-order valence-corrected chi connectivity index (χ4v) is 2.36. The van der Waals surface area contributed by atoms with Crippen molar-refractivity contribution in [2.75, 3.05) is 16.1 Å². The van der Waals surface area contributed by atoms with Gasteiger partial charge in [-0.1, -0.05) is 0 Å². The third kappa shape index (κ3) is 0.702. The summed E-state index contributed by atoms with van der Waals surface area (Å²) in [7, 11) is 2.05. The lowest BCUT2D eigenvalue weighted by atomic mass is 10.5. The van der Waals surface area contributed by atoms with Crippen molar-refractivity contribution in [1.29, 1.82) is 0 Å². The number of hydrogen-bond donors (Lipinski definition) is 1. The van der Waals surface area contributed by atoms with Crippen LogP contribution in [0.15, 0.2) is 10.8 Å². The number of nitrogens with zero attached hydrogens (tertiary/aromatic N) is 1. The summed E-state index contributed by atoms with van der Waals surface area (Å²) >= 11 is 3.35. The topological polar surface area (TPSA) is 15.3 Å². The van der Waals surface area contributed by atoms with Crippen LogP contribution < -0.4 is 9.03 Å². The quantitative estimate of drug-likeness (QED) is 0.582. The summed E-state index contributed by atoms with van der Waals surface area (Å²) < 4.78 is 5.30. The highest BCUT2D eigenvalue weighted by molar-refractivity contribution is 8.02. The molecule has 0 fully saturated rings. The van der Waals surface area contributed by atoms with Gasteiger partial charge < -0.3 is 4.72 Å². The van der Waals surface area contributed by atoms with Crippen LogP contribution >= 0.6 is 23.5 Å². The van der Waals surface area contributed by atoms with E-state index < -0.39 is 0 Å². The van der Waals surface area contributed by atoms with Gasteiger partial charge in [0.15, 0.2) is 0 Å². The number of rotatable bonds is 0. The van der Waals surface area contributed by atoms with E-state index in [2.05, 4.69) is 26.8 Å². The highest BCUT2D eigenvalue weighted by Crippen LogP contribution is 2.40. The fourth-order valence-electron chi connectivity index (χ4n) is 0.777. The van der Waals surface area contributed by atoms with E-state index in [1.807, 2.05) is 0 Å². The van der Waals surface area contributed by atoms with Crippen LogP contribution in [0, 0.1) is 0 Å². The summed E-state index contributed by atoms with van der Waals surface area (Å²) in [6.07, 6.45) is 0. The van der Waals surface area contributed by atoms with Crippen molar-refractivity contribution in [3.63, 3.8) is 0 Å². The van der Waals surface area contributed by atoms with Crippen LogP contribution in [-0.2, 0) is 0 Å². The normalized spacial score (nSPS) is 15.4. The molecule has 2 rings (SSSR count). The molecule has 1 N–H and O–H groups in total. The Balaban J connectivity index is 2.49. The van der Waals surface area contributed by atoms with E-state index in [-0.39, 0.29) is 0 Å². The monoisotopic (exact) mass is 158 g/mol. The van der Waals surface area contributed by atoms with E-state index in [1.165, 1.54) is 11.4 Å². The van der Waals surface area contributed by atoms with Gasteiger partial charge >= 0.3 is 0 Å². The smallest absolute Gasteiger partial charge is 0.0830 e. The van der Waals surface area contributed by atoms with Gasteiger partial charge in [0.05, 0.1) is 23.5 Å². The molecule has 2 heterocycles. The molecule has 0 saturated heterocycles. The number of anilines is 2. The van der Waals surface area contributed by atoms with Crippen LogP contribution in [0.5, 0.6) is 0 Å². The Labute approximate surface area is 62.1 Å². The summed E-state index contributed by atoms with van der Waals surface area (Å²) in [6.45, 7) is 0. The number of hydrogen-bond acceptors (Lipinski definition) is 4. The van der Waals surface area contributed by atoms with Gasteiger partial charge in [-0.25, -0.2) is 0 Å². The molecule has 9 heavy (non-hydrogen) atoms. The second-order valence-electron chi connectivity index (χ2n) is 1.86. The molecule has 48 valence electrons. The molecule has 0 unspecified atom stereocenters. The lowest BCUT2D eigenvalue weighted by Gasteiger charge is -2.03. The molecule has 0 aliphatic carbocycles. The molecule has 0 radical (unpaired) electrons. The third-order valence-corrected chi connectivity index (χ3v) is 2.79. The second kappa shape index (κ2) is 1.82. The standard InChI is InChI=1S/C5H6N2S2/c1-7-5-3-8-2-4(5)6-9-7/h2-3,6H,1H3. The molecule has 0 spiro atoms. The van der Waals surface area contributed by atoms with Crippen molar-refractivity contribution < 1.29 is 0 Å². The molecule has 0 amide bonds. The van der Waals surface area contributed by atoms with E-state index in [1.54, 1.807) is 23.5 Å².